The second-order valence-electron chi connectivity index (χ2n) is 11.2. The van der Waals surface area contributed by atoms with Crippen molar-refractivity contribution in [2.45, 2.75) is 45.4 Å². The number of aliphatic imine (C=N–C) groups is 1. The Morgan fingerprint density at radius 2 is 1.43 bits per heavy atom. The Kier molecular flexibility index (Phi) is 18.1. The molecule has 0 saturated heterocycles. The number of rotatable bonds is 24. The van der Waals surface area contributed by atoms with E-state index in [-0.39, 0.29) is 43.8 Å². The number of amides is 2. The van der Waals surface area contributed by atoms with Gasteiger partial charge in [0.25, 0.3) is 0 Å². The lowest BCUT2D eigenvalue weighted by Crippen LogP contribution is -2.29. The highest BCUT2D eigenvalue weighted by Gasteiger charge is 2.29. The van der Waals surface area contributed by atoms with Crippen molar-refractivity contribution in [3.8, 4) is 11.5 Å². The number of halogens is 5. The maximum atomic E-state index is 14.0. The topological polar surface area (TPSA) is 158 Å². The summed E-state index contributed by atoms with van der Waals surface area (Å²) in [5.74, 6) is -5.99. The second kappa shape index (κ2) is 22.5. The number of hydrogen-bond donors (Lipinski definition) is 4. The predicted octanol–water partition coefficient (Wildman–Crippen LogP) is 5.66. The van der Waals surface area contributed by atoms with Crippen LogP contribution in [0.2, 0.25) is 0 Å². The normalized spacial score (nSPS) is 12.8. The number of carbonyl (C=O) groups excluding carboxylic acids is 1. The maximum Gasteiger partial charge on any atom is 0.319 e. The van der Waals surface area contributed by atoms with E-state index in [1.807, 2.05) is 0 Å². The van der Waals surface area contributed by atoms with Gasteiger partial charge in [0.1, 0.15) is 11.5 Å². The number of allylic oxidation sites excluding steroid dienone is 1. The molecule has 0 unspecified atom stereocenters. The van der Waals surface area contributed by atoms with Gasteiger partial charge in [-0.1, -0.05) is 0 Å². The van der Waals surface area contributed by atoms with Crippen LogP contribution in [0.25, 0.3) is 0 Å². The highest BCUT2D eigenvalue weighted by atomic mass is 19.2. The van der Waals surface area contributed by atoms with Crippen LogP contribution in [0.5, 0.6) is 11.5 Å². The minimum absolute atomic E-state index is 0.0936. The van der Waals surface area contributed by atoms with E-state index in [9.17, 15) is 31.9 Å². The SMILES string of the molecule is Cc1cc(NC(=O)NCCCC/C(C=NCCOCCOCCOCCOCCC(Oc2c(F)c(F)c(F)c(F)c2F)=C2CC2)=N/N)ccc1O. The van der Waals surface area contributed by atoms with E-state index in [1.165, 1.54) is 6.07 Å². The molecule has 0 radical (unpaired) electrons. The van der Waals surface area contributed by atoms with Crippen molar-refractivity contribution in [3.63, 3.8) is 0 Å². The van der Waals surface area contributed by atoms with Crippen LogP contribution in [0, 0.1) is 36.0 Å². The first-order valence-corrected chi connectivity index (χ1v) is 16.4. The number of hydrazone groups is 1. The van der Waals surface area contributed by atoms with Crippen LogP contribution in [0.3, 0.4) is 0 Å². The van der Waals surface area contributed by atoms with Crippen LogP contribution < -0.4 is 21.2 Å². The van der Waals surface area contributed by atoms with E-state index in [0.717, 1.165) is 18.4 Å². The van der Waals surface area contributed by atoms with Gasteiger partial charge in [0.05, 0.1) is 65.1 Å². The third-order valence-electron chi connectivity index (χ3n) is 7.25. The van der Waals surface area contributed by atoms with Crippen LogP contribution in [0.4, 0.5) is 32.4 Å². The lowest BCUT2D eigenvalue weighted by atomic mass is 10.2. The average Bonchev–Trinajstić information content (AvgIpc) is 3.97. The van der Waals surface area contributed by atoms with Crippen molar-refractivity contribution in [1.82, 2.24) is 5.32 Å². The molecule has 0 bridgehead atoms. The van der Waals surface area contributed by atoms with Gasteiger partial charge in [-0.05, 0) is 68.4 Å². The fourth-order valence-corrected chi connectivity index (χ4v) is 4.36. The number of phenolic OH excluding ortho intramolecular Hbond substituents is 1. The largest absolute Gasteiger partial charge is 0.508 e. The molecule has 0 aliphatic heterocycles. The Bertz CT molecular complexity index is 1490. The van der Waals surface area contributed by atoms with E-state index in [4.69, 9.17) is 29.5 Å². The molecule has 1 aliphatic rings. The van der Waals surface area contributed by atoms with E-state index in [1.54, 1.807) is 25.3 Å². The Morgan fingerprint density at radius 1 is 0.843 bits per heavy atom. The first-order chi connectivity index (χ1) is 24.6. The molecule has 17 heteroatoms. The standard InChI is InChI=1S/C34H44F5N5O7/c1-22-20-24(7-8-26(22)45)43-34(46)42-10-3-2-4-25(44-40)21-41-11-13-48-15-17-50-19-18-49-16-14-47-12-9-27(23-5-6-23)51-33-31(38)29(36)28(35)30(37)32(33)39/h7-8,20-21,45H,2-6,9-19,40H2,1H3,(H2,42,43,46)/b41-21?,44-25-. The minimum atomic E-state index is -2.24. The summed E-state index contributed by atoms with van der Waals surface area (Å²) in [7, 11) is 0. The lowest BCUT2D eigenvalue weighted by Gasteiger charge is -2.13. The molecule has 1 saturated carbocycles. The highest BCUT2D eigenvalue weighted by Crippen LogP contribution is 2.37. The molecule has 0 atom stereocenters. The summed E-state index contributed by atoms with van der Waals surface area (Å²) in [6, 6.07) is 4.49. The number of aromatic hydroxyl groups is 1. The number of hydrogen-bond acceptors (Lipinski definition) is 10. The molecule has 2 aromatic rings. The van der Waals surface area contributed by atoms with Crippen molar-refractivity contribution in [2.24, 2.45) is 15.9 Å². The van der Waals surface area contributed by atoms with E-state index >= 15 is 0 Å². The van der Waals surface area contributed by atoms with Gasteiger partial charge in [-0.15, -0.1) is 0 Å². The molecule has 12 nitrogen and oxygen atoms in total. The number of nitrogens with zero attached hydrogens (tertiary/aromatic N) is 2. The highest BCUT2D eigenvalue weighted by molar-refractivity contribution is 6.30. The monoisotopic (exact) mass is 729 g/mol. The van der Waals surface area contributed by atoms with Crippen LogP contribution in [0.1, 0.15) is 44.1 Å². The van der Waals surface area contributed by atoms with Gasteiger partial charge in [0.15, 0.2) is 0 Å². The molecular weight excluding hydrogens is 685 g/mol. The molecule has 282 valence electrons. The van der Waals surface area contributed by atoms with Gasteiger partial charge < -0.3 is 45.3 Å². The van der Waals surface area contributed by atoms with Crippen molar-refractivity contribution < 1.29 is 55.5 Å². The van der Waals surface area contributed by atoms with Gasteiger partial charge in [-0.25, -0.2) is 18.0 Å². The average molecular weight is 730 g/mol. The number of anilines is 1. The quantitative estimate of drug-likeness (QED) is 0.0124. The number of nitrogens with one attached hydrogen (secondary N) is 2. The van der Waals surface area contributed by atoms with Crippen molar-refractivity contribution in [2.75, 3.05) is 71.3 Å². The third-order valence-corrected chi connectivity index (χ3v) is 7.25. The van der Waals surface area contributed by atoms with Gasteiger partial charge >= 0.3 is 6.03 Å². The first kappa shape index (κ1) is 41.1. The van der Waals surface area contributed by atoms with Crippen molar-refractivity contribution in [1.29, 1.82) is 0 Å². The number of aryl methyl sites for hydroxylation is 1. The van der Waals surface area contributed by atoms with Gasteiger partial charge in [0.2, 0.25) is 34.8 Å². The summed E-state index contributed by atoms with van der Waals surface area (Å²) in [5.41, 5.74) is 2.62. The minimum Gasteiger partial charge on any atom is -0.508 e. The summed E-state index contributed by atoms with van der Waals surface area (Å²) in [5, 5.41) is 18.8. The summed E-state index contributed by atoms with van der Waals surface area (Å²) >= 11 is 0. The molecule has 2 aromatic carbocycles. The van der Waals surface area contributed by atoms with E-state index in [0.29, 0.717) is 82.3 Å². The molecular formula is C34H44F5N5O7. The van der Waals surface area contributed by atoms with Crippen molar-refractivity contribution >= 4 is 23.6 Å². The Labute approximate surface area is 292 Å². The molecule has 5 N–H and O–H groups in total. The van der Waals surface area contributed by atoms with E-state index < -0.39 is 34.8 Å². The zero-order valence-corrected chi connectivity index (χ0v) is 28.4. The van der Waals surface area contributed by atoms with E-state index in [2.05, 4.69) is 20.7 Å². The Balaban J connectivity index is 1.12. The first-order valence-electron chi connectivity index (χ1n) is 16.4. The number of nitrogens with two attached hydrogens (primary N) is 1. The number of urea groups is 1. The summed E-state index contributed by atoms with van der Waals surface area (Å²) in [6.45, 7) is 4.97. The zero-order chi connectivity index (χ0) is 37.0. The van der Waals surface area contributed by atoms with Gasteiger partial charge in [-0.3, -0.25) is 4.99 Å². The Morgan fingerprint density at radius 3 is 2.02 bits per heavy atom. The molecule has 0 aromatic heterocycles. The molecule has 0 heterocycles. The maximum absolute atomic E-state index is 14.0. The molecule has 1 aliphatic carbocycles. The van der Waals surface area contributed by atoms with Gasteiger partial charge in [-0.2, -0.15) is 13.9 Å². The molecule has 0 spiro atoms. The smallest absolute Gasteiger partial charge is 0.319 e. The summed E-state index contributed by atoms with van der Waals surface area (Å²) < 4.78 is 95.0. The second-order valence-corrected chi connectivity index (χ2v) is 11.2. The Hall–Kier alpha value is -4.32. The molecule has 1 fully saturated rings. The van der Waals surface area contributed by atoms with Crippen molar-refractivity contribution in [3.05, 3.63) is 64.2 Å². The van der Waals surface area contributed by atoms with Gasteiger partial charge in [0, 0.05) is 24.9 Å². The van der Waals surface area contributed by atoms with Crippen LogP contribution >= 0.6 is 0 Å². The number of benzene rings is 2. The fraction of sp³-hybridized carbons (Fsp3) is 0.500. The zero-order valence-electron chi connectivity index (χ0n) is 28.4. The number of ether oxygens (including phenoxy) is 5. The number of unbranched alkanes of at least 4 members (excludes halogenated alkanes) is 1. The van der Waals surface area contributed by atoms with Crippen LogP contribution in [-0.2, 0) is 18.9 Å². The summed E-state index contributed by atoms with van der Waals surface area (Å²) in [6.07, 6.45) is 4.98. The molecule has 3 rings (SSSR count). The van der Waals surface area contributed by atoms with Crippen LogP contribution in [-0.4, -0.2) is 89.0 Å². The fourth-order valence-electron chi connectivity index (χ4n) is 4.36. The molecule has 51 heavy (non-hydrogen) atoms. The third kappa shape index (κ3) is 14.8. The summed E-state index contributed by atoms with van der Waals surface area (Å²) in [4.78, 5) is 16.3. The predicted molar refractivity (Wildman–Crippen MR) is 180 cm³/mol. The van der Waals surface area contributed by atoms with Crippen LogP contribution in [0.15, 0.2) is 39.6 Å². The molecule has 2 amide bonds. The number of carbonyl (C=O) groups is 1. The number of phenols is 1. The lowest BCUT2D eigenvalue weighted by molar-refractivity contribution is -0.00111.